The van der Waals surface area contributed by atoms with Crippen LogP contribution in [0.15, 0.2) is 57.5 Å². The highest BCUT2D eigenvalue weighted by molar-refractivity contribution is 14.1. The maximum atomic E-state index is 12.0. The molecule has 0 aliphatic carbocycles. The first-order valence-corrected chi connectivity index (χ1v) is 9.11. The molecule has 0 bridgehead atoms. The lowest BCUT2D eigenvalue weighted by atomic mass is 10.2. The van der Waals surface area contributed by atoms with E-state index in [2.05, 4.69) is 54.0 Å². The Morgan fingerprint density at radius 2 is 2.00 bits per heavy atom. The van der Waals surface area contributed by atoms with Gasteiger partial charge in [0.15, 0.2) is 0 Å². The van der Waals surface area contributed by atoms with Gasteiger partial charge >= 0.3 is 0 Å². The molecule has 0 spiro atoms. The van der Waals surface area contributed by atoms with Crippen molar-refractivity contribution in [3.05, 3.63) is 62.5 Å². The van der Waals surface area contributed by atoms with Gasteiger partial charge in [0, 0.05) is 32.1 Å². The van der Waals surface area contributed by atoms with Crippen LogP contribution in [0.3, 0.4) is 0 Å². The fraction of sp³-hybridized carbons (Fsp3) is 0.118. The molecular weight excluding hydrogens is 485 g/mol. The Balaban J connectivity index is 1.57. The predicted molar refractivity (Wildman–Crippen MR) is 104 cm³/mol. The molecule has 0 radical (unpaired) electrons. The summed E-state index contributed by atoms with van der Waals surface area (Å²) in [4.78, 5) is 16.3. The SMILES string of the molecule is O=C(CCc1nc(-c2ccc(I)cc2)no1)Nc1cccc(Br)c1. The van der Waals surface area contributed by atoms with Crippen LogP contribution >= 0.6 is 38.5 Å². The van der Waals surface area contributed by atoms with E-state index in [4.69, 9.17) is 4.52 Å². The molecule has 5 nitrogen and oxygen atoms in total. The highest BCUT2D eigenvalue weighted by Gasteiger charge is 2.11. The number of nitrogens with one attached hydrogen (secondary N) is 1. The Hall–Kier alpha value is -1.74. The van der Waals surface area contributed by atoms with Crippen LogP contribution in [0.1, 0.15) is 12.3 Å². The maximum Gasteiger partial charge on any atom is 0.227 e. The zero-order valence-electron chi connectivity index (χ0n) is 12.5. The number of halogens is 2. The van der Waals surface area contributed by atoms with E-state index in [1.165, 1.54) is 0 Å². The van der Waals surface area contributed by atoms with Crippen molar-refractivity contribution >= 4 is 50.1 Å². The Bertz CT molecular complexity index is 849. The molecule has 2 aromatic carbocycles. The van der Waals surface area contributed by atoms with Gasteiger partial charge in [-0.3, -0.25) is 4.79 Å². The predicted octanol–water partition coefficient (Wildman–Crippen LogP) is 4.68. The first-order valence-electron chi connectivity index (χ1n) is 7.24. The van der Waals surface area contributed by atoms with Crippen LogP contribution in [0, 0.1) is 3.57 Å². The Labute approximate surface area is 161 Å². The molecule has 0 aliphatic rings. The van der Waals surface area contributed by atoms with E-state index < -0.39 is 0 Å². The molecule has 3 aromatic rings. The molecule has 24 heavy (non-hydrogen) atoms. The van der Waals surface area contributed by atoms with Gasteiger partial charge in [0.25, 0.3) is 0 Å². The van der Waals surface area contributed by atoms with E-state index in [9.17, 15) is 4.79 Å². The van der Waals surface area contributed by atoms with Crippen molar-refractivity contribution in [1.29, 1.82) is 0 Å². The van der Waals surface area contributed by atoms with Gasteiger partial charge in [-0.25, -0.2) is 0 Å². The number of aromatic nitrogens is 2. The summed E-state index contributed by atoms with van der Waals surface area (Å²) in [6.07, 6.45) is 0.679. The van der Waals surface area contributed by atoms with Crippen LogP contribution in [-0.4, -0.2) is 16.0 Å². The fourth-order valence-electron chi connectivity index (χ4n) is 2.08. The van der Waals surface area contributed by atoms with Crippen LogP contribution < -0.4 is 5.32 Å². The van der Waals surface area contributed by atoms with Crippen molar-refractivity contribution in [2.24, 2.45) is 0 Å². The van der Waals surface area contributed by atoms with Crippen LogP contribution in [0.4, 0.5) is 5.69 Å². The van der Waals surface area contributed by atoms with Gasteiger partial charge in [-0.2, -0.15) is 4.98 Å². The summed E-state index contributed by atoms with van der Waals surface area (Å²) < 4.78 is 7.28. The number of amides is 1. The number of nitrogens with zero attached hydrogens (tertiary/aromatic N) is 2. The van der Waals surface area contributed by atoms with Gasteiger partial charge in [0.1, 0.15) is 0 Å². The lowest BCUT2D eigenvalue weighted by Crippen LogP contribution is -2.12. The largest absolute Gasteiger partial charge is 0.339 e. The van der Waals surface area contributed by atoms with E-state index in [1.54, 1.807) is 0 Å². The first kappa shape index (κ1) is 17.1. The number of hydrogen-bond donors (Lipinski definition) is 1. The lowest BCUT2D eigenvalue weighted by Gasteiger charge is -2.04. The zero-order chi connectivity index (χ0) is 16.9. The summed E-state index contributed by atoms with van der Waals surface area (Å²) in [5.74, 6) is 0.892. The molecule has 3 rings (SSSR count). The highest BCUT2D eigenvalue weighted by Crippen LogP contribution is 2.18. The fourth-order valence-corrected chi connectivity index (χ4v) is 2.84. The quantitative estimate of drug-likeness (QED) is 0.520. The normalized spacial score (nSPS) is 10.6. The van der Waals surface area contributed by atoms with Crippen molar-refractivity contribution in [3.63, 3.8) is 0 Å². The minimum Gasteiger partial charge on any atom is -0.339 e. The Morgan fingerprint density at radius 3 is 2.75 bits per heavy atom. The minimum atomic E-state index is -0.0953. The summed E-state index contributed by atoms with van der Waals surface area (Å²) in [5.41, 5.74) is 1.64. The summed E-state index contributed by atoms with van der Waals surface area (Å²) in [5, 5.41) is 6.80. The molecule has 1 aromatic heterocycles. The van der Waals surface area contributed by atoms with Crippen molar-refractivity contribution < 1.29 is 9.32 Å². The van der Waals surface area contributed by atoms with E-state index in [-0.39, 0.29) is 12.3 Å². The van der Waals surface area contributed by atoms with Crippen LogP contribution in [0.2, 0.25) is 0 Å². The summed E-state index contributed by atoms with van der Waals surface area (Å²) in [6, 6.07) is 15.3. The number of anilines is 1. The topological polar surface area (TPSA) is 68.0 Å². The molecule has 0 saturated carbocycles. The van der Waals surface area contributed by atoms with E-state index >= 15 is 0 Å². The molecule has 0 saturated heterocycles. The number of aryl methyl sites for hydroxylation is 1. The Kier molecular flexibility index (Phi) is 5.62. The molecular formula is C17H13BrIN3O2. The zero-order valence-corrected chi connectivity index (χ0v) is 16.2. The molecule has 1 N–H and O–H groups in total. The number of hydrogen-bond acceptors (Lipinski definition) is 4. The van der Waals surface area contributed by atoms with Crippen LogP contribution in [0.25, 0.3) is 11.4 Å². The Morgan fingerprint density at radius 1 is 1.21 bits per heavy atom. The van der Waals surface area contributed by atoms with Crippen LogP contribution in [0.5, 0.6) is 0 Å². The van der Waals surface area contributed by atoms with Gasteiger partial charge in [-0.05, 0) is 52.9 Å². The average Bonchev–Trinajstić information content (AvgIpc) is 3.03. The average molecular weight is 498 g/mol. The molecule has 0 atom stereocenters. The van der Waals surface area contributed by atoms with Gasteiger partial charge in [-0.15, -0.1) is 0 Å². The second kappa shape index (κ2) is 7.89. The number of rotatable bonds is 5. The summed E-state index contributed by atoms with van der Waals surface area (Å²) in [6.45, 7) is 0. The van der Waals surface area contributed by atoms with Crippen molar-refractivity contribution in [3.8, 4) is 11.4 Å². The number of carbonyl (C=O) groups is 1. The molecule has 0 aliphatic heterocycles. The first-order chi connectivity index (χ1) is 11.6. The maximum absolute atomic E-state index is 12.0. The van der Waals surface area contributed by atoms with Gasteiger partial charge in [0.05, 0.1) is 0 Å². The minimum absolute atomic E-state index is 0.0953. The van der Waals surface area contributed by atoms with E-state index in [1.807, 2.05) is 48.5 Å². The summed E-state index contributed by atoms with van der Waals surface area (Å²) in [7, 11) is 0. The standard InChI is InChI=1S/C17H13BrIN3O2/c18-12-2-1-3-14(10-12)20-15(23)8-9-16-21-17(22-24-16)11-4-6-13(19)7-5-11/h1-7,10H,8-9H2,(H,20,23). The molecule has 7 heteroatoms. The lowest BCUT2D eigenvalue weighted by molar-refractivity contribution is -0.116. The van der Waals surface area contributed by atoms with Crippen molar-refractivity contribution in [2.75, 3.05) is 5.32 Å². The van der Waals surface area contributed by atoms with Crippen molar-refractivity contribution in [2.45, 2.75) is 12.8 Å². The number of benzene rings is 2. The third kappa shape index (κ3) is 4.64. The second-order valence-corrected chi connectivity index (χ2v) is 7.24. The molecule has 0 unspecified atom stereocenters. The van der Waals surface area contributed by atoms with Gasteiger partial charge < -0.3 is 9.84 Å². The van der Waals surface area contributed by atoms with E-state index in [0.717, 1.165) is 19.3 Å². The molecule has 122 valence electrons. The highest BCUT2D eigenvalue weighted by atomic mass is 127. The summed E-state index contributed by atoms with van der Waals surface area (Å²) >= 11 is 5.61. The smallest absolute Gasteiger partial charge is 0.227 e. The van der Waals surface area contributed by atoms with Crippen LogP contribution in [-0.2, 0) is 11.2 Å². The second-order valence-electron chi connectivity index (χ2n) is 5.08. The van der Waals surface area contributed by atoms with Gasteiger partial charge in [-0.1, -0.05) is 39.3 Å². The molecule has 0 fully saturated rings. The molecule has 1 amide bonds. The third-order valence-electron chi connectivity index (χ3n) is 3.24. The molecule has 1 heterocycles. The van der Waals surface area contributed by atoms with Crippen molar-refractivity contribution in [1.82, 2.24) is 10.1 Å². The monoisotopic (exact) mass is 497 g/mol. The number of carbonyl (C=O) groups excluding carboxylic acids is 1. The third-order valence-corrected chi connectivity index (χ3v) is 4.46. The van der Waals surface area contributed by atoms with Gasteiger partial charge in [0.2, 0.25) is 17.6 Å². The van der Waals surface area contributed by atoms with E-state index in [0.29, 0.717) is 18.1 Å².